The molecule has 22 heavy (non-hydrogen) atoms. The van der Waals surface area contributed by atoms with Crippen molar-refractivity contribution in [2.24, 2.45) is 7.05 Å². The second-order valence-electron chi connectivity index (χ2n) is 4.77. The highest BCUT2D eigenvalue weighted by Crippen LogP contribution is 2.15. The number of nitrogens with zero attached hydrogens (tertiary/aromatic N) is 2. The second kappa shape index (κ2) is 5.73. The van der Waals surface area contributed by atoms with Crippen LogP contribution in [0.4, 0.5) is 5.69 Å². The zero-order chi connectivity index (χ0) is 15.7. The summed E-state index contributed by atoms with van der Waals surface area (Å²) in [5.74, 6) is -0.520. The van der Waals surface area contributed by atoms with Crippen molar-refractivity contribution in [3.8, 4) is 0 Å². The van der Waals surface area contributed by atoms with Crippen LogP contribution in [0, 0.1) is 0 Å². The standard InChI is InChI=1S/C16H12BrN3O2/c1-20-13-5-3-2-4-12(13)19-14(16(20)22)15(21)18-11-8-6-10(17)7-9-11/h2-9H,1H3,(H,18,21). The number of para-hydroxylation sites is 2. The van der Waals surface area contributed by atoms with E-state index in [1.54, 1.807) is 31.3 Å². The van der Waals surface area contributed by atoms with E-state index in [0.717, 1.165) is 4.47 Å². The third kappa shape index (κ3) is 2.65. The molecule has 3 rings (SSSR count). The molecule has 0 spiro atoms. The van der Waals surface area contributed by atoms with Crippen molar-refractivity contribution in [1.29, 1.82) is 0 Å². The van der Waals surface area contributed by atoms with E-state index in [-0.39, 0.29) is 5.69 Å². The minimum absolute atomic E-state index is 0.121. The first-order valence-corrected chi connectivity index (χ1v) is 7.38. The lowest BCUT2D eigenvalue weighted by atomic mass is 10.2. The molecule has 0 saturated heterocycles. The van der Waals surface area contributed by atoms with E-state index in [9.17, 15) is 9.59 Å². The lowest BCUT2D eigenvalue weighted by molar-refractivity contribution is 0.102. The van der Waals surface area contributed by atoms with Crippen molar-refractivity contribution in [3.05, 3.63) is 69.1 Å². The van der Waals surface area contributed by atoms with Gasteiger partial charge in [-0.15, -0.1) is 0 Å². The van der Waals surface area contributed by atoms with Crippen LogP contribution in [-0.4, -0.2) is 15.5 Å². The van der Waals surface area contributed by atoms with Gasteiger partial charge in [-0.3, -0.25) is 9.59 Å². The number of carbonyl (C=O) groups is 1. The summed E-state index contributed by atoms with van der Waals surface area (Å²) in [7, 11) is 1.63. The fourth-order valence-electron chi connectivity index (χ4n) is 2.15. The van der Waals surface area contributed by atoms with Crippen LogP contribution in [0.2, 0.25) is 0 Å². The van der Waals surface area contributed by atoms with Crippen molar-refractivity contribution in [1.82, 2.24) is 9.55 Å². The summed E-state index contributed by atoms with van der Waals surface area (Å²) < 4.78 is 2.34. The Balaban J connectivity index is 2.02. The molecule has 1 N–H and O–H groups in total. The number of anilines is 1. The van der Waals surface area contributed by atoms with Crippen LogP contribution in [0.15, 0.2) is 57.8 Å². The maximum absolute atomic E-state index is 12.3. The molecule has 0 atom stereocenters. The fourth-order valence-corrected chi connectivity index (χ4v) is 2.41. The van der Waals surface area contributed by atoms with Gasteiger partial charge in [-0.1, -0.05) is 28.1 Å². The van der Waals surface area contributed by atoms with Crippen LogP contribution in [0.25, 0.3) is 11.0 Å². The van der Waals surface area contributed by atoms with Gasteiger partial charge in [0.2, 0.25) is 0 Å². The number of carbonyl (C=O) groups excluding carboxylic acids is 1. The molecule has 5 nitrogen and oxygen atoms in total. The van der Waals surface area contributed by atoms with Gasteiger partial charge < -0.3 is 9.88 Å². The van der Waals surface area contributed by atoms with Crippen LogP contribution in [0.1, 0.15) is 10.5 Å². The average molecular weight is 358 g/mol. The number of halogens is 1. The SMILES string of the molecule is Cn1c(=O)c(C(=O)Nc2ccc(Br)cc2)nc2ccccc21. The Morgan fingerprint density at radius 1 is 1.14 bits per heavy atom. The monoisotopic (exact) mass is 357 g/mol. The summed E-state index contributed by atoms with van der Waals surface area (Å²) in [6.45, 7) is 0. The highest BCUT2D eigenvalue weighted by Gasteiger charge is 2.16. The Kier molecular flexibility index (Phi) is 3.77. The normalized spacial score (nSPS) is 10.6. The Hall–Kier alpha value is -2.47. The lowest BCUT2D eigenvalue weighted by Gasteiger charge is -2.08. The maximum Gasteiger partial charge on any atom is 0.282 e. The smallest absolute Gasteiger partial charge is 0.282 e. The van der Waals surface area contributed by atoms with E-state index < -0.39 is 11.5 Å². The first-order valence-electron chi connectivity index (χ1n) is 6.59. The number of benzene rings is 2. The molecular weight excluding hydrogens is 346 g/mol. The van der Waals surface area contributed by atoms with Gasteiger partial charge in [-0.2, -0.15) is 0 Å². The van der Waals surface area contributed by atoms with Crippen LogP contribution in [0.5, 0.6) is 0 Å². The van der Waals surface area contributed by atoms with E-state index in [1.807, 2.05) is 24.3 Å². The topological polar surface area (TPSA) is 64.0 Å². The summed E-state index contributed by atoms with van der Waals surface area (Å²) in [5.41, 5.74) is 1.35. The van der Waals surface area contributed by atoms with Gasteiger partial charge in [-0.25, -0.2) is 4.98 Å². The Labute approximate surface area is 134 Å². The third-order valence-corrected chi connectivity index (χ3v) is 3.83. The molecule has 0 unspecified atom stereocenters. The van der Waals surface area contributed by atoms with Gasteiger partial charge in [0, 0.05) is 17.2 Å². The van der Waals surface area contributed by atoms with E-state index in [0.29, 0.717) is 16.7 Å². The van der Waals surface area contributed by atoms with Crippen molar-refractivity contribution in [2.45, 2.75) is 0 Å². The summed E-state index contributed by atoms with van der Waals surface area (Å²) >= 11 is 3.33. The largest absolute Gasteiger partial charge is 0.320 e. The van der Waals surface area contributed by atoms with E-state index in [4.69, 9.17) is 0 Å². The predicted octanol–water partition coefficient (Wildman–Crippen LogP) is 2.95. The van der Waals surface area contributed by atoms with Gasteiger partial charge >= 0.3 is 0 Å². The zero-order valence-corrected chi connectivity index (χ0v) is 13.3. The maximum atomic E-state index is 12.3. The molecular formula is C16H12BrN3O2. The van der Waals surface area contributed by atoms with Gasteiger partial charge in [-0.05, 0) is 36.4 Å². The molecule has 0 saturated carbocycles. The molecule has 0 radical (unpaired) electrons. The van der Waals surface area contributed by atoms with Gasteiger partial charge in [0.1, 0.15) is 0 Å². The molecule has 0 aliphatic rings. The first kappa shape index (κ1) is 14.5. The summed E-state index contributed by atoms with van der Waals surface area (Å²) in [5, 5.41) is 2.68. The lowest BCUT2D eigenvalue weighted by Crippen LogP contribution is -2.29. The quantitative estimate of drug-likeness (QED) is 0.766. The fraction of sp³-hybridized carbons (Fsp3) is 0.0625. The molecule has 0 aliphatic carbocycles. The van der Waals surface area contributed by atoms with E-state index >= 15 is 0 Å². The van der Waals surface area contributed by atoms with Crippen molar-refractivity contribution < 1.29 is 4.79 Å². The second-order valence-corrected chi connectivity index (χ2v) is 5.69. The molecule has 110 valence electrons. The Morgan fingerprint density at radius 2 is 1.82 bits per heavy atom. The summed E-state index contributed by atoms with van der Waals surface area (Å²) in [6, 6.07) is 14.3. The van der Waals surface area contributed by atoms with Crippen molar-refractivity contribution >= 4 is 38.6 Å². The van der Waals surface area contributed by atoms with Crippen molar-refractivity contribution in [2.75, 3.05) is 5.32 Å². The Morgan fingerprint density at radius 3 is 2.55 bits per heavy atom. The first-order chi connectivity index (χ1) is 10.6. The van der Waals surface area contributed by atoms with Gasteiger partial charge in [0.15, 0.2) is 5.69 Å². The Bertz CT molecular complexity index is 917. The highest BCUT2D eigenvalue weighted by atomic mass is 79.9. The molecule has 0 fully saturated rings. The van der Waals surface area contributed by atoms with Crippen molar-refractivity contribution in [3.63, 3.8) is 0 Å². The summed E-state index contributed by atoms with van der Waals surface area (Å²) in [6.07, 6.45) is 0. The summed E-state index contributed by atoms with van der Waals surface area (Å²) in [4.78, 5) is 28.8. The molecule has 3 aromatic rings. The van der Waals surface area contributed by atoms with Crippen LogP contribution in [0.3, 0.4) is 0 Å². The van der Waals surface area contributed by atoms with Gasteiger partial charge in [0.05, 0.1) is 11.0 Å². The zero-order valence-electron chi connectivity index (χ0n) is 11.7. The molecule has 1 aromatic heterocycles. The van der Waals surface area contributed by atoms with Crippen LogP contribution in [-0.2, 0) is 7.05 Å². The van der Waals surface area contributed by atoms with Crippen LogP contribution < -0.4 is 10.9 Å². The number of fused-ring (bicyclic) bond motifs is 1. The number of aromatic nitrogens is 2. The number of nitrogens with one attached hydrogen (secondary N) is 1. The number of rotatable bonds is 2. The minimum Gasteiger partial charge on any atom is -0.320 e. The molecule has 0 bridgehead atoms. The van der Waals surface area contributed by atoms with Crippen LogP contribution >= 0.6 is 15.9 Å². The number of aryl methyl sites for hydroxylation is 1. The predicted molar refractivity (Wildman–Crippen MR) is 89.1 cm³/mol. The number of hydrogen-bond donors (Lipinski definition) is 1. The minimum atomic E-state index is -0.520. The number of hydrogen-bond acceptors (Lipinski definition) is 3. The third-order valence-electron chi connectivity index (χ3n) is 3.30. The highest BCUT2D eigenvalue weighted by molar-refractivity contribution is 9.10. The van der Waals surface area contributed by atoms with Gasteiger partial charge in [0.25, 0.3) is 11.5 Å². The molecule has 0 aliphatic heterocycles. The number of amides is 1. The molecule has 1 amide bonds. The molecule has 2 aromatic carbocycles. The molecule has 1 heterocycles. The van der Waals surface area contributed by atoms with E-state index in [1.165, 1.54) is 4.57 Å². The average Bonchev–Trinajstić information content (AvgIpc) is 2.53. The van der Waals surface area contributed by atoms with E-state index in [2.05, 4.69) is 26.2 Å². The molecule has 6 heteroatoms.